The molecule has 0 aliphatic heterocycles. The van der Waals surface area contributed by atoms with Gasteiger partial charge in [-0.25, -0.2) is 4.79 Å². The number of nitrogens with zero attached hydrogens (tertiary/aromatic N) is 1. The maximum absolute atomic E-state index is 10.9. The lowest BCUT2D eigenvalue weighted by Gasteiger charge is -2.12. The van der Waals surface area contributed by atoms with Crippen LogP contribution < -0.4 is 5.32 Å². The molecule has 0 atom stereocenters. The molecule has 2 N–H and O–H groups in total. The lowest BCUT2D eigenvalue weighted by Crippen LogP contribution is -1.97. The van der Waals surface area contributed by atoms with Crippen LogP contribution in [0.15, 0.2) is 48.7 Å². The highest BCUT2D eigenvalue weighted by Crippen LogP contribution is 2.32. The predicted octanol–water partition coefficient (Wildman–Crippen LogP) is 4.64. The molecule has 1 aromatic heterocycles. The normalized spacial score (nSPS) is 10.6. The van der Waals surface area contributed by atoms with Crippen LogP contribution in [0.3, 0.4) is 0 Å². The summed E-state index contributed by atoms with van der Waals surface area (Å²) in [5.41, 5.74) is 3.76. The number of carboxylic acid groups (broad SMARTS) is 1. The van der Waals surface area contributed by atoms with Gasteiger partial charge in [0.05, 0.1) is 21.8 Å². The first-order valence-corrected chi connectivity index (χ1v) is 7.08. The van der Waals surface area contributed by atoms with E-state index in [4.69, 9.17) is 16.7 Å². The van der Waals surface area contributed by atoms with Gasteiger partial charge in [0.1, 0.15) is 0 Å². The third kappa shape index (κ3) is 2.61. The monoisotopic (exact) mass is 312 g/mol. The Morgan fingerprint density at radius 2 is 1.86 bits per heavy atom. The summed E-state index contributed by atoms with van der Waals surface area (Å²) in [5, 5.41) is 13.7. The number of rotatable bonds is 3. The Hall–Kier alpha value is -2.59. The van der Waals surface area contributed by atoms with E-state index in [0.29, 0.717) is 5.02 Å². The van der Waals surface area contributed by atoms with E-state index in [1.807, 2.05) is 25.1 Å². The van der Waals surface area contributed by atoms with Crippen molar-refractivity contribution in [3.8, 4) is 0 Å². The van der Waals surface area contributed by atoms with Crippen molar-refractivity contribution in [3.05, 3.63) is 64.8 Å². The summed E-state index contributed by atoms with van der Waals surface area (Å²) in [6.45, 7) is 1.98. The second-order valence-corrected chi connectivity index (χ2v) is 5.36. The Morgan fingerprint density at radius 1 is 1.14 bits per heavy atom. The molecule has 5 heteroatoms. The molecule has 0 aliphatic carbocycles. The molecule has 0 fully saturated rings. The Morgan fingerprint density at radius 3 is 2.55 bits per heavy atom. The molecule has 0 unspecified atom stereocenters. The molecule has 4 nitrogen and oxygen atoms in total. The molecule has 22 heavy (non-hydrogen) atoms. The van der Waals surface area contributed by atoms with Crippen LogP contribution in [0.25, 0.3) is 10.9 Å². The van der Waals surface area contributed by atoms with Crippen molar-refractivity contribution in [2.24, 2.45) is 0 Å². The lowest BCUT2D eigenvalue weighted by molar-refractivity contribution is 0.0697. The van der Waals surface area contributed by atoms with Crippen LogP contribution in [0.1, 0.15) is 15.9 Å². The summed E-state index contributed by atoms with van der Waals surface area (Å²) in [6, 6.07) is 12.2. The molecule has 0 saturated carbocycles. The van der Waals surface area contributed by atoms with Gasteiger partial charge in [0.15, 0.2) is 0 Å². The van der Waals surface area contributed by atoms with Gasteiger partial charge < -0.3 is 10.4 Å². The summed E-state index contributed by atoms with van der Waals surface area (Å²) < 4.78 is 0. The third-order valence-electron chi connectivity index (χ3n) is 3.45. The van der Waals surface area contributed by atoms with Gasteiger partial charge in [-0.05, 0) is 48.9 Å². The van der Waals surface area contributed by atoms with Crippen molar-refractivity contribution in [3.63, 3.8) is 0 Å². The number of carbonyl (C=O) groups is 1. The lowest BCUT2D eigenvalue weighted by atomic mass is 10.1. The fourth-order valence-corrected chi connectivity index (χ4v) is 2.57. The maximum atomic E-state index is 10.9. The van der Waals surface area contributed by atoms with Crippen LogP contribution >= 0.6 is 11.6 Å². The third-order valence-corrected chi connectivity index (χ3v) is 3.77. The summed E-state index contributed by atoms with van der Waals surface area (Å²) >= 11 is 6.31. The zero-order valence-electron chi connectivity index (χ0n) is 11.8. The number of nitrogens with one attached hydrogen (secondary N) is 1. The number of fused-ring (bicyclic) bond motifs is 1. The van der Waals surface area contributed by atoms with E-state index in [1.54, 1.807) is 30.5 Å². The van der Waals surface area contributed by atoms with Crippen molar-refractivity contribution in [1.29, 1.82) is 0 Å². The van der Waals surface area contributed by atoms with Crippen LogP contribution in [0.4, 0.5) is 11.4 Å². The van der Waals surface area contributed by atoms with E-state index in [9.17, 15) is 4.79 Å². The zero-order valence-corrected chi connectivity index (χ0v) is 12.6. The van der Waals surface area contributed by atoms with E-state index in [1.165, 1.54) is 0 Å². The van der Waals surface area contributed by atoms with Gasteiger partial charge in [-0.1, -0.05) is 17.7 Å². The Labute approximate surface area is 132 Å². The van der Waals surface area contributed by atoms with Crippen LogP contribution in [0.5, 0.6) is 0 Å². The van der Waals surface area contributed by atoms with Crippen molar-refractivity contribution in [2.45, 2.75) is 6.92 Å². The van der Waals surface area contributed by atoms with E-state index in [-0.39, 0.29) is 5.56 Å². The molecule has 0 radical (unpaired) electrons. The molecule has 3 aromatic rings. The van der Waals surface area contributed by atoms with E-state index < -0.39 is 5.97 Å². The number of pyridine rings is 1. The van der Waals surface area contributed by atoms with Gasteiger partial charge in [0, 0.05) is 17.3 Å². The highest BCUT2D eigenvalue weighted by molar-refractivity contribution is 6.36. The molecule has 0 amide bonds. The number of aryl methyl sites for hydroxylation is 1. The second kappa shape index (κ2) is 5.66. The Kier molecular flexibility index (Phi) is 3.69. The van der Waals surface area contributed by atoms with Crippen molar-refractivity contribution >= 4 is 39.8 Å². The quantitative estimate of drug-likeness (QED) is 0.739. The van der Waals surface area contributed by atoms with Crippen LogP contribution in [-0.4, -0.2) is 16.1 Å². The van der Waals surface area contributed by atoms with Gasteiger partial charge in [-0.15, -0.1) is 0 Å². The number of anilines is 2. The van der Waals surface area contributed by atoms with Crippen molar-refractivity contribution in [1.82, 2.24) is 4.98 Å². The summed E-state index contributed by atoms with van der Waals surface area (Å²) in [7, 11) is 0. The number of carboxylic acids is 1. The van der Waals surface area contributed by atoms with E-state index >= 15 is 0 Å². The predicted molar refractivity (Wildman–Crippen MR) is 88.2 cm³/mol. The average Bonchev–Trinajstić information content (AvgIpc) is 2.52. The molecule has 0 aliphatic rings. The highest BCUT2D eigenvalue weighted by atomic mass is 35.5. The molecular weight excluding hydrogens is 300 g/mol. The van der Waals surface area contributed by atoms with Gasteiger partial charge in [0.25, 0.3) is 0 Å². The first-order valence-electron chi connectivity index (χ1n) is 6.70. The van der Waals surface area contributed by atoms with Crippen molar-refractivity contribution < 1.29 is 9.90 Å². The number of hydrogen-bond acceptors (Lipinski definition) is 3. The minimum Gasteiger partial charge on any atom is -0.478 e. The minimum atomic E-state index is -0.945. The molecule has 3 rings (SSSR count). The van der Waals surface area contributed by atoms with Gasteiger partial charge in [-0.3, -0.25) is 4.98 Å². The largest absolute Gasteiger partial charge is 0.478 e. The van der Waals surface area contributed by atoms with E-state index in [0.717, 1.165) is 27.8 Å². The second-order valence-electron chi connectivity index (χ2n) is 4.95. The van der Waals surface area contributed by atoms with Crippen LogP contribution in [0, 0.1) is 6.92 Å². The summed E-state index contributed by atoms with van der Waals surface area (Å²) in [6.07, 6.45) is 1.72. The first-order chi connectivity index (χ1) is 10.6. The highest BCUT2D eigenvalue weighted by Gasteiger charge is 2.09. The Balaban J connectivity index is 2.04. The van der Waals surface area contributed by atoms with Crippen LogP contribution in [0.2, 0.25) is 5.02 Å². The van der Waals surface area contributed by atoms with Crippen LogP contribution in [-0.2, 0) is 0 Å². The fraction of sp³-hybridized carbons (Fsp3) is 0.0588. The van der Waals surface area contributed by atoms with Gasteiger partial charge in [-0.2, -0.15) is 0 Å². The molecule has 0 spiro atoms. The number of aromatic carboxylic acids is 1. The molecule has 2 aromatic carbocycles. The molecular formula is C17H13ClN2O2. The molecule has 0 bridgehead atoms. The summed E-state index contributed by atoms with van der Waals surface area (Å²) in [5.74, 6) is -0.945. The topological polar surface area (TPSA) is 62.2 Å². The van der Waals surface area contributed by atoms with Gasteiger partial charge >= 0.3 is 5.97 Å². The maximum Gasteiger partial charge on any atom is 0.335 e. The number of aromatic nitrogens is 1. The first kappa shape index (κ1) is 14.4. The fourth-order valence-electron chi connectivity index (χ4n) is 2.32. The number of benzene rings is 2. The SMILES string of the molecule is Cc1ccc(Cl)c2c(Nc3ccc(C(=O)O)cc3)ccnc12. The Bertz CT molecular complexity index is 860. The van der Waals surface area contributed by atoms with Crippen molar-refractivity contribution in [2.75, 3.05) is 5.32 Å². The van der Waals surface area contributed by atoms with E-state index in [2.05, 4.69) is 10.3 Å². The molecule has 0 saturated heterocycles. The van der Waals surface area contributed by atoms with Gasteiger partial charge in [0.2, 0.25) is 0 Å². The number of hydrogen-bond donors (Lipinski definition) is 2. The number of halogens is 1. The standard InChI is InChI=1S/C17H13ClN2O2/c1-10-2-7-13(18)15-14(8-9-19-16(10)15)20-12-5-3-11(4-6-12)17(21)22/h2-9H,1H3,(H,19,20)(H,21,22). The minimum absolute atomic E-state index is 0.249. The average molecular weight is 313 g/mol. The smallest absolute Gasteiger partial charge is 0.335 e. The zero-order chi connectivity index (χ0) is 15.7. The summed E-state index contributed by atoms with van der Waals surface area (Å²) in [4.78, 5) is 15.3. The molecule has 110 valence electrons. The molecule has 1 heterocycles.